The van der Waals surface area contributed by atoms with Gasteiger partial charge in [-0.1, -0.05) is 43.7 Å². The van der Waals surface area contributed by atoms with Crippen molar-refractivity contribution in [2.75, 3.05) is 13.2 Å². The summed E-state index contributed by atoms with van der Waals surface area (Å²) in [6, 6.07) is 8.45. The number of amides is 3. The lowest BCUT2D eigenvalue weighted by molar-refractivity contribution is -0.144. The quantitative estimate of drug-likeness (QED) is 0.302. The largest absolute Gasteiger partial charge is 0.466 e. The summed E-state index contributed by atoms with van der Waals surface area (Å²) >= 11 is 0. The fourth-order valence-corrected chi connectivity index (χ4v) is 2.89. The van der Waals surface area contributed by atoms with Gasteiger partial charge in [0.2, 0.25) is 11.8 Å². The van der Waals surface area contributed by atoms with Crippen molar-refractivity contribution in [1.82, 2.24) is 10.6 Å². The first-order chi connectivity index (χ1) is 14.8. The summed E-state index contributed by atoms with van der Waals surface area (Å²) in [5.74, 6) is -1.91. The Bertz CT molecular complexity index is 710. The summed E-state index contributed by atoms with van der Waals surface area (Å²) in [6.45, 7) is 4.26. The van der Waals surface area contributed by atoms with E-state index in [2.05, 4.69) is 10.6 Å². The van der Waals surface area contributed by atoms with Crippen LogP contribution < -0.4 is 16.4 Å². The third-order valence-corrected chi connectivity index (χ3v) is 4.55. The second-order valence-corrected chi connectivity index (χ2v) is 7.23. The third-order valence-electron chi connectivity index (χ3n) is 4.55. The van der Waals surface area contributed by atoms with Crippen LogP contribution in [0, 0.1) is 5.92 Å². The molecule has 0 saturated carbocycles. The Morgan fingerprint density at radius 2 is 1.74 bits per heavy atom. The lowest BCUT2D eigenvalue weighted by atomic mass is 9.97. The van der Waals surface area contributed by atoms with Crippen LogP contribution in [0.15, 0.2) is 30.3 Å². The number of benzene rings is 1. The molecule has 0 bridgehead atoms. The average molecular weight is 436 g/mol. The molecule has 0 spiro atoms. The van der Waals surface area contributed by atoms with E-state index in [0.717, 1.165) is 5.56 Å². The van der Waals surface area contributed by atoms with Crippen LogP contribution in [-0.2, 0) is 30.5 Å². The summed E-state index contributed by atoms with van der Waals surface area (Å²) in [4.78, 5) is 47.0. The molecule has 1 aromatic carbocycles. The molecule has 3 amide bonds. The van der Waals surface area contributed by atoms with Crippen LogP contribution in [0.25, 0.3) is 0 Å². The molecule has 0 aliphatic rings. The molecular formula is C22H33N3O6. The Morgan fingerprint density at radius 3 is 2.39 bits per heavy atom. The van der Waals surface area contributed by atoms with Crippen molar-refractivity contribution >= 4 is 23.9 Å². The minimum atomic E-state index is -0.932. The monoisotopic (exact) mass is 435 g/mol. The van der Waals surface area contributed by atoms with E-state index in [1.165, 1.54) is 0 Å². The minimum Gasteiger partial charge on any atom is -0.466 e. The fourth-order valence-electron chi connectivity index (χ4n) is 2.89. The van der Waals surface area contributed by atoms with Gasteiger partial charge in [0.05, 0.1) is 13.0 Å². The van der Waals surface area contributed by atoms with E-state index in [1.807, 2.05) is 30.3 Å². The van der Waals surface area contributed by atoms with Crippen LogP contribution in [0.4, 0.5) is 4.79 Å². The van der Waals surface area contributed by atoms with Crippen molar-refractivity contribution in [1.29, 1.82) is 0 Å². The first-order valence-corrected chi connectivity index (χ1v) is 10.5. The molecule has 0 aliphatic heterocycles. The standard InChI is InChI=1S/C22H33N3O6/c1-3-30-19(27)14-16(2)20(21(23)28)25-18(26)12-8-5-9-13-24-22(29)31-15-17-10-6-4-7-11-17/h4,6-7,10-11,16,20H,3,5,8-9,12-15H2,1-2H3,(H2,23,28)(H,24,29)(H,25,26)/t16-,20+/m1/s1. The second kappa shape index (κ2) is 14.8. The predicted molar refractivity (Wildman–Crippen MR) is 115 cm³/mol. The molecule has 1 aromatic rings. The summed E-state index contributed by atoms with van der Waals surface area (Å²) < 4.78 is 9.97. The molecule has 0 fully saturated rings. The maximum atomic E-state index is 12.1. The molecule has 2 atom stereocenters. The normalized spacial score (nSPS) is 12.3. The first kappa shape index (κ1) is 25.9. The van der Waals surface area contributed by atoms with Crippen LogP contribution in [0.2, 0.25) is 0 Å². The van der Waals surface area contributed by atoms with Gasteiger partial charge in [0.15, 0.2) is 0 Å². The van der Waals surface area contributed by atoms with E-state index in [-0.39, 0.29) is 32.0 Å². The van der Waals surface area contributed by atoms with Gasteiger partial charge in [0.1, 0.15) is 12.6 Å². The molecule has 0 aliphatic carbocycles. The number of ether oxygens (including phenoxy) is 2. The number of carbonyl (C=O) groups is 4. The Labute approximate surface area is 183 Å². The molecule has 0 saturated heterocycles. The van der Waals surface area contributed by atoms with Gasteiger partial charge in [-0.25, -0.2) is 4.79 Å². The van der Waals surface area contributed by atoms with Crippen LogP contribution >= 0.6 is 0 Å². The number of esters is 1. The van der Waals surface area contributed by atoms with Crippen molar-refractivity contribution in [3.8, 4) is 0 Å². The van der Waals surface area contributed by atoms with Crippen molar-refractivity contribution in [3.05, 3.63) is 35.9 Å². The highest BCUT2D eigenvalue weighted by Gasteiger charge is 2.26. The number of carbonyl (C=O) groups excluding carboxylic acids is 4. The number of hydrogen-bond donors (Lipinski definition) is 3. The van der Waals surface area contributed by atoms with Gasteiger partial charge in [-0.15, -0.1) is 0 Å². The number of alkyl carbamates (subject to hydrolysis) is 1. The Hall–Kier alpha value is -3.10. The zero-order valence-corrected chi connectivity index (χ0v) is 18.2. The summed E-state index contributed by atoms with van der Waals surface area (Å²) in [7, 11) is 0. The fraction of sp³-hybridized carbons (Fsp3) is 0.545. The SMILES string of the molecule is CCOC(=O)C[C@@H](C)[C@H](NC(=O)CCCCCNC(=O)OCc1ccccc1)C(N)=O. The van der Waals surface area contributed by atoms with Gasteiger partial charge in [-0.2, -0.15) is 0 Å². The van der Waals surface area contributed by atoms with Crippen molar-refractivity contribution < 1.29 is 28.7 Å². The van der Waals surface area contributed by atoms with Crippen molar-refractivity contribution in [2.24, 2.45) is 11.7 Å². The molecule has 9 nitrogen and oxygen atoms in total. The minimum absolute atomic E-state index is 0.00618. The third kappa shape index (κ3) is 11.6. The number of nitrogens with one attached hydrogen (secondary N) is 2. The number of hydrogen-bond acceptors (Lipinski definition) is 6. The number of rotatable bonds is 14. The van der Waals surface area contributed by atoms with E-state index in [4.69, 9.17) is 15.2 Å². The maximum absolute atomic E-state index is 12.1. The summed E-state index contributed by atoms with van der Waals surface area (Å²) in [5.41, 5.74) is 6.27. The molecule has 9 heteroatoms. The lowest BCUT2D eigenvalue weighted by Gasteiger charge is -2.21. The Balaban J connectivity index is 2.18. The summed E-state index contributed by atoms with van der Waals surface area (Å²) in [6.07, 6.45) is 1.71. The molecular weight excluding hydrogens is 402 g/mol. The molecule has 4 N–H and O–H groups in total. The number of primary amides is 1. The van der Waals surface area contributed by atoms with E-state index in [0.29, 0.717) is 25.8 Å². The molecule has 1 rings (SSSR count). The predicted octanol–water partition coefficient (Wildman–Crippen LogP) is 2.03. The smallest absolute Gasteiger partial charge is 0.407 e. The van der Waals surface area contributed by atoms with Gasteiger partial charge in [0.25, 0.3) is 0 Å². The van der Waals surface area contributed by atoms with Crippen LogP contribution in [0.1, 0.15) is 51.5 Å². The lowest BCUT2D eigenvalue weighted by Crippen LogP contribution is -2.48. The van der Waals surface area contributed by atoms with Crippen LogP contribution in [0.5, 0.6) is 0 Å². The molecule has 0 unspecified atom stereocenters. The van der Waals surface area contributed by atoms with Crippen LogP contribution in [0.3, 0.4) is 0 Å². The molecule has 0 heterocycles. The Kier molecular flexibility index (Phi) is 12.4. The number of unbranched alkanes of at least 4 members (excludes halogenated alkanes) is 2. The van der Waals surface area contributed by atoms with Gasteiger partial charge in [-0.05, 0) is 31.2 Å². The molecule has 0 radical (unpaired) electrons. The zero-order valence-electron chi connectivity index (χ0n) is 18.2. The highest BCUT2D eigenvalue weighted by Crippen LogP contribution is 2.10. The summed E-state index contributed by atoms with van der Waals surface area (Å²) in [5, 5.41) is 5.26. The Morgan fingerprint density at radius 1 is 1.03 bits per heavy atom. The first-order valence-electron chi connectivity index (χ1n) is 10.5. The molecule has 0 aromatic heterocycles. The average Bonchev–Trinajstić information content (AvgIpc) is 2.73. The molecule has 172 valence electrons. The van der Waals surface area contributed by atoms with E-state index in [1.54, 1.807) is 13.8 Å². The van der Waals surface area contributed by atoms with Gasteiger partial charge in [-0.3, -0.25) is 14.4 Å². The topological polar surface area (TPSA) is 137 Å². The highest BCUT2D eigenvalue weighted by molar-refractivity contribution is 5.87. The van der Waals surface area contributed by atoms with Crippen molar-refractivity contribution in [2.45, 2.75) is 58.6 Å². The van der Waals surface area contributed by atoms with Gasteiger partial charge < -0.3 is 25.8 Å². The maximum Gasteiger partial charge on any atom is 0.407 e. The highest BCUT2D eigenvalue weighted by atomic mass is 16.5. The van der Waals surface area contributed by atoms with Crippen LogP contribution in [-0.4, -0.2) is 43.1 Å². The number of nitrogens with two attached hydrogens (primary N) is 1. The van der Waals surface area contributed by atoms with E-state index in [9.17, 15) is 19.2 Å². The van der Waals surface area contributed by atoms with E-state index >= 15 is 0 Å². The second-order valence-electron chi connectivity index (χ2n) is 7.23. The van der Waals surface area contributed by atoms with Gasteiger partial charge >= 0.3 is 12.1 Å². The zero-order chi connectivity index (χ0) is 23.1. The molecule has 31 heavy (non-hydrogen) atoms. The van der Waals surface area contributed by atoms with E-state index < -0.39 is 29.9 Å². The van der Waals surface area contributed by atoms with Crippen molar-refractivity contribution in [3.63, 3.8) is 0 Å². The van der Waals surface area contributed by atoms with Gasteiger partial charge in [0, 0.05) is 13.0 Å².